The van der Waals surface area contributed by atoms with Gasteiger partial charge in [0.15, 0.2) is 5.13 Å². The third-order valence-corrected chi connectivity index (χ3v) is 8.39. The molecular formula is C23H24N4O3S2. The number of amides is 1. The van der Waals surface area contributed by atoms with Gasteiger partial charge in [-0.1, -0.05) is 30.3 Å². The molecule has 9 heteroatoms. The summed E-state index contributed by atoms with van der Waals surface area (Å²) in [6, 6.07) is 16.8. The SMILES string of the molecule is O=C1[C@H](N2CCC(c3ccccc3)C2)CCN1c1ccc(S(=O)(=O)Nc2nccs2)cc1. The van der Waals surface area contributed by atoms with Crippen LogP contribution in [-0.2, 0) is 14.8 Å². The predicted octanol–water partition coefficient (Wildman–Crippen LogP) is 3.54. The van der Waals surface area contributed by atoms with Gasteiger partial charge in [-0.3, -0.25) is 14.4 Å². The topological polar surface area (TPSA) is 82.6 Å². The van der Waals surface area contributed by atoms with Crippen molar-refractivity contribution in [2.75, 3.05) is 29.3 Å². The molecule has 1 amide bonds. The Hall–Kier alpha value is -2.75. The molecule has 0 aliphatic carbocycles. The van der Waals surface area contributed by atoms with Crippen LogP contribution in [0.1, 0.15) is 24.3 Å². The van der Waals surface area contributed by atoms with Gasteiger partial charge >= 0.3 is 0 Å². The Balaban J connectivity index is 1.25. The second kappa shape index (κ2) is 8.65. The number of nitrogens with one attached hydrogen (secondary N) is 1. The summed E-state index contributed by atoms with van der Waals surface area (Å²) in [6.45, 7) is 2.46. The fourth-order valence-corrected chi connectivity index (χ4v) is 6.37. The molecular weight excluding hydrogens is 444 g/mol. The molecule has 2 saturated heterocycles. The molecule has 2 aromatic carbocycles. The molecule has 3 aromatic rings. The van der Waals surface area contributed by atoms with Gasteiger partial charge in [-0.15, -0.1) is 11.3 Å². The first kappa shape index (κ1) is 21.1. The normalized spacial score (nSPS) is 21.9. The van der Waals surface area contributed by atoms with Crippen LogP contribution in [0.2, 0.25) is 0 Å². The molecule has 2 aliphatic heterocycles. The molecule has 0 saturated carbocycles. The molecule has 2 fully saturated rings. The number of carbonyl (C=O) groups is 1. The number of hydrogen-bond acceptors (Lipinski definition) is 6. The molecule has 0 spiro atoms. The van der Waals surface area contributed by atoms with E-state index < -0.39 is 10.0 Å². The minimum Gasteiger partial charge on any atom is -0.311 e. The maximum absolute atomic E-state index is 13.2. The lowest BCUT2D eigenvalue weighted by atomic mass is 9.99. The zero-order valence-electron chi connectivity index (χ0n) is 17.4. The summed E-state index contributed by atoms with van der Waals surface area (Å²) in [7, 11) is -3.71. The van der Waals surface area contributed by atoms with Crippen molar-refractivity contribution >= 4 is 38.1 Å². The Morgan fingerprint density at radius 1 is 1.00 bits per heavy atom. The lowest BCUT2D eigenvalue weighted by Gasteiger charge is -2.23. The van der Waals surface area contributed by atoms with E-state index in [2.05, 4.69) is 38.9 Å². The second-order valence-corrected chi connectivity index (χ2v) is 10.7. The number of hydrogen-bond donors (Lipinski definition) is 1. The summed E-state index contributed by atoms with van der Waals surface area (Å²) < 4.78 is 27.5. The molecule has 1 N–H and O–H groups in total. The Morgan fingerprint density at radius 3 is 2.50 bits per heavy atom. The van der Waals surface area contributed by atoms with Gasteiger partial charge in [0.1, 0.15) is 0 Å². The van der Waals surface area contributed by atoms with Gasteiger partial charge in [0.2, 0.25) is 5.91 Å². The number of nitrogens with zero attached hydrogens (tertiary/aromatic N) is 3. The smallest absolute Gasteiger partial charge is 0.263 e. The number of benzene rings is 2. The summed E-state index contributed by atoms with van der Waals surface area (Å²) in [4.78, 5) is 21.3. The van der Waals surface area contributed by atoms with Crippen LogP contribution in [0, 0.1) is 0 Å². The average Bonchev–Trinajstić information content (AvgIpc) is 3.56. The highest BCUT2D eigenvalue weighted by Gasteiger charge is 2.39. The van der Waals surface area contributed by atoms with Crippen LogP contribution in [0.4, 0.5) is 10.8 Å². The zero-order chi connectivity index (χ0) is 22.1. The average molecular weight is 469 g/mol. The van der Waals surface area contributed by atoms with E-state index >= 15 is 0 Å². The predicted molar refractivity (Wildman–Crippen MR) is 125 cm³/mol. The van der Waals surface area contributed by atoms with E-state index in [1.165, 1.54) is 29.0 Å². The number of likely N-dealkylation sites (tertiary alicyclic amines) is 1. The Labute approximate surface area is 191 Å². The first-order valence-electron chi connectivity index (χ1n) is 10.6. The molecule has 32 heavy (non-hydrogen) atoms. The van der Waals surface area contributed by atoms with E-state index in [1.54, 1.807) is 28.6 Å². The van der Waals surface area contributed by atoms with Gasteiger partial charge in [-0.05, 0) is 55.1 Å². The van der Waals surface area contributed by atoms with Crippen molar-refractivity contribution in [2.45, 2.75) is 29.7 Å². The summed E-state index contributed by atoms with van der Waals surface area (Å²) in [6.07, 6.45) is 3.39. The molecule has 5 rings (SSSR count). The van der Waals surface area contributed by atoms with Gasteiger partial charge in [-0.2, -0.15) is 0 Å². The largest absolute Gasteiger partial charge is 0.311 e. The molecule has 1 unspecified atom stereocenters. The highest BCUT2D eigenvalue weighted by Crippen LogP contribution is 2.32. The van der Waals surface area contributed by atoms with Crippen LogP contribution in [0.3, 0.4) is 0 Å². The van der Waals surface area contributed by atoms with Crippen molar-refractivity contribution in [3.63, 3.8) is 0 Å². The van der Waals surface area contributed by atoms with Crippen LogP contribution in [0.15, 0.2) is 71.1 Å². The monoisotopic (exact) mass is 468 g/mol. The van der Waals surface area contributed by atoms with Gasteiger partial charge < -0.3 is 4.90 Å². The molecule has 3 heterocycles. The summed E-state index contributed by atoms with van der Waals surface area (Å²) in [5.74, 6) is 0.558. The molecule has 2 aliphatic rings. The molecule has 7 nitrogen and oxygen atoms in total. The summed E-state index contributed by atoms with van der Waals surface area (Å²) in [5.41, 5.74) is 2.06. The second-order valence-electron chi connectivity index (χ2n) is 8.12. The van der Waals surface area contributed by atoms with Crippen LogP contribution >= 0.6 is 11.3 Å². The molecule has 0 bridgehead atoms. The van der Waals surface area contributed by atoms with Crippen molar-refractivity contribution in [1.29, 1.82) is 0 Å². The van der Waals surface area contributed by atoms with Gasteiger partial charge in [0.25, 0.3) is 10.0 Å². The minimum absolute atomic E-state index is 0.0928. The Bertz CT molecular complexity index is 1180. The van der Waals surface area contributed by atoms with Gasteiger partial charge in [0, 0.05) is 30.4 Å². The maximum atomic E-state index is 13.2. The van der Waals surface area contributed by atoms with Crippen LogP contribution in [0.5, 0.6) is 0 Å². The number of aromatic nitrogens is 1. The van der Waals surface area contributed by atoms with Crippen molar-refractivity contribution in [1.82, 2.24) is 9.88 Å². The molecule has 1 aromatic heterocycles. The summed E-state index contributed by atoms with van der Waals surface area (Å²) in [5, 5.41) is 2.03. The maximum Gasteiger partial charge on any atom is 0.263 e. The van der Waals surface area contributed by atoms with Gasteiger partial charge in [-0.25, -0.2) is 13.4 Å². The van der Waals surface area contributed by atoms with Crippen LogP contribution in [0.25, 0.3) is 0 Å². The number of carbonyl (C=O) groups excluding carboxylic acids is 1. The van der Waals surface area contributed by atoms with E-state index in [4.69, 9.17) is 0 Å². The van der Waals surface area contributed by atoms with Crippen LogP contribution < -0.4 is 9.62 Å². The minimum atomic E-state index is -3.71. The number of rotatable bonds is 6. The van der Waals surface area contributed by atoms with Gasteiger partial charge in [0.05, 0.1) is 10.9 Å². The fourth-order valence-electron chi connectivity index (χ4n) is 4.58. The molecule has 0 radical (unpaired) electrons. The van der Waals surface area contributed by atoms with Crippen molar-refractivity contribution in [2.24, 2.45) is 0 Å². The Morgan fingerprint density at radius 2 is 1.78 bits per heavy atom. The van der Waals surface area contributed by atoms with E-state index in [-0.39, 0.29) is 16.8 Å². The first-order chi connectivity index (χ1) is 15.5. The van der Waals surface area contributed by atoms with Crippen molar-refractivity contribution in [3.8, 4) is 0 Å². The highest BCUT2D eigenvalue weighted by molar-refractivity contribution is 7.93. The van der Waals surface area contributed by atoms with Crippen molar-refractivity contribution < 1.29 is 13.2 Å². The standard InChI is InChI=1S/C23H24N4O3S2/c28-22-21(26-13-10-18(16-26)17-4-2-1-3-5-17)11-14-27(22)19-6-8-20(9-7-19)32(29,30)25-23-24-12-15-31-23/h1-9,12,15,18,21H,10-11,13-14,16H2,(H,24,25)/t18?,21-/m1/s1. The number of sulfonamides is 1. The third-order valence-electron chi connectivity index (χ3n) is 6.22. The molecule has 166 valence electrons. The number of anilines is 2. The lowest BCUT2D eigenvalue weighted by Crippen LogP contribution is -2.40. The van der Waals surface area contributed by atoms with E-state index in [0.717, 1.165) is 31.6 Å². The third kappa shape index (κ3) is 4.15. The lowest BCUT2D eigenvalue weighted by molar-refractivity contribution is -0.121. The highest BCUT2D eigenvalue weighted by atomic mass is 32.2. The first-order valence-corrected chi connectivity index (χ1v) is 13.0. The van der Waals surface area contributed by atoms with E-state index in [9.17, 15) is 13.2 Å². The van der Waals surface area contributed by atoms with Crippen molar-refractivity contribution in [3.05, 3.63) is 71.7 Å². The van der Waals surface area contributed by atoms with E-state index in [1.807, 2.05) is 6.07 Å². The zero-order valence-corrected chi connectivity index (χ0v) is 19.1. The molecule has 2 atom stereocenters. The quantitative estimate of drug-likeness (QED) is 0.598. The van der Waals surface area contributed by atoms with Crippen LogP contribution in [-0.4, -0.2) is 49.9 Å². The fraction of sp³-hybridized carbons (Fsp3) is 0.304. The number of thiazole rings is 1. The Kier molecular flexibility index (Phi) is 5.71. The summed E-state index contributed by atoms with van der Waals surface area (Å²) >= 11 is 1.22. The van der Waals surface area contributed by atoms with E-state index in [0.29, 0.717) is 17.6 Å².